The van der Waals surface area contributed by atoms with Gasteiger partial charge in [-0.05, 0) is 42.5 Å². The van der Waals surface area contributed by atoms with Gasteiger partial charge < -0.3 is 5.32 Å². The van der Waals surface area contributed by atoms with Crippen LogP contribution in [0.5, 0.6) is 0 Å². The van der Waals surface area contributed by atoms with Gasteiger partial charge in [0.15, 0.2) is 17.3 Å². The van der Waals surface area contributed by atoms with Gasteiger partial charge >= 0.3 is 0 Å². The van der Waals surface area contributed by atoms with E-state index in [1.54, 1.807) is 36.0 Å². The molecule has 4 heterocycles. The highest BCUT2D eigenvalue weighted by Crippen LogP contribution is 2.30. The van der Waals surface area contributed by atoms with E-state index in [4.69, 9.17) is 0 Å². The summed E-state index contributed by atoms with van der Waals surface area (Å²) in [5.74, 6) is -1.47. The average molecular weight is 431 g/mol. The predicted octanol–water partition coefficient (Wildman–Crippen LogP) is 3.72. The molecule has 32 heavy (non-hydrogen) atoms. The normalized spacial score (nSPS) is 11.1. The Kier molecular flexibility index (Phi) is 4.66. The second-order valence-corrected chi connectivity index (χ2v) is 7.03. The second-order valence-electron chi connectivity index (χ2n) is 7.03. The largest absolute Gasteiger partial charge is 0.305 e. The van der Waals surface area contributed by atoms with Crippen molar-refractivity contribution < 1.29 is 13.6 Å². The number of fused-ring (bicyclic) bond motifs is 1. The Morgan fingerprint density at radius 2 is 1.81 bits per heavy atom. The van der Waals surface area contributed by atoms with Gasteiger partial charge in [0.1, 0.15) is 11.5 Å². The SMILES string of the molecule is Cn1cc(-c2ccc3nc(NC(=O)c4ccncc4F)cn3n2)c(-c2ccc(F)cc2)n1. The molecule has 10 heteroatoms. The minimum absolute atomic E-state index is 0.134. The van der Waals surface area contributed by atoms with Crippen molar-refractivity contribution in [3.63, 3.8) is 0 Å². The molecule has 0 saturated heterocycles. The number of hydrogen-bond acceptors (Lipinski definition) is 5. The van der Waals surface area contributed by atoms with E-state index in [-0.39, 0.29) is 17.2 Å². The molecule has 0 spiro atoms. The molecular formula is C22H15F2N7O. The third-order valence-corrected chi connectivity index (χ3v) is 4.80. The minimum atomic E-state index is -0.723. The van der Waals surface area contributed by atoms with E-state index in [9.17, 15) is 13.6 Å². The highest BCUT2D eigenvalue weighted by atomic mass is 19.1. The van der Waals surface area contributed by atoms with Crippen molar-refractivity contribution in [2.75, 3.05) is 5.32 Å². The molecule has 1 amide bonds. The van der Waals surface area contributed by atoms with Crippen LogP contribution in [-0.4, -0.2) is 35.3 Å². The fourth-order valence-corrected chi connectivity index (χ4v) is 3.33. The summed E-state index contributed by atoms with van der Waals surface area (Å²) in [5.41, 5.74) is 3.12. The lowest BCUT2D eigenvalue weighted by Crippen LogP contribution is -2.14. The van der Waals surface area contributed by atoms with Crippen LogP contribution in [0.2, 0.25) is 0 Å². The summed E-state index contributed by atoms with van der Waals surface area (Å²) < 4.78 is 30.3. The summed E-state index contributed by atoms with van der Waals surface area (Å²) in [6.45, 7) is 0. The highest BCUT2D eigenvalue weighted by Gasteiger charge is 2.16. The third kappa shape index (κ3) is 3.58. The number of imidazole rings is 1. The van der Waals surface area contributed by atoms with Gasteiger partial charge in [-0.25, -0.2) is 18.3 Å². The minimum Gasteiger partial charge on any atom is -0.305 e. The summed E-state index contributed by atoms with van der Waals surface area (Å²) in [6.07, 6.45) is 5.66. The Balaban J connectivity index is 1.48. The summed E-state index contributed by atoms with van der Waals surface area (Å²) in [6, 6.07) is 10.9. The number of hydrogen-bond donors (Lipinski definition) is 1. The van der Waals surface area contributed by atoms with E-state index in [1.807, 2.05) is 6.20 Å². The lowest BCUT2D eigenvalue weighted by Gasteiger charge is -2.03. The Bertz CT molecular complexity index is 1460. The van der Waals surface area contributed by atoms with Crippen LogP contribution in [-0.2, 0) is 7.05 Å². The molecule has 8 nitrogen and oxygen atoms in total. The van der Waals surface area contributed by atoms with Crippen molar-refractivity contribution in [2.45, 2.75) is 0 Å². The van der Waals surface area contributed by atoms with E-state index in [0.717, 1.165) is 17.3 Å². The summed E-state index contributed by atoms with van der Waals surface area (Å²) in [7, 11) is 1.79. The molecule has 0 aliphatic carbocycles. The molecule has 1 aromatic carbocycles. The lowest BCUT2D eigenvalue weighted by molar-refractivity contribution is 0.102. The van der Waals surface area contributed by atoms with Gasteiger partial charge in [0, 0.05) is 30.6 Å². The summed E-state index contributed by atoms with van der Waals surface area (Å²) in [5, 5.41) is 11.6. The first-order valence-corrected chi connectivity index (χ1v) is 9.55. The first kappa shape index (κ1) is 19.5. The van der Waals surface area contributed by atoms with Crippen LogP contribution in [0.15, 0.2) is 67.3 Å². The van der Waals surface area contributed by atoms with Crippen molar-refractivity contribution in [2.24, 2.45) is 7.05 Å². The van der Waals surface area contributed by atoms with Gasteiger partial charge in [-0.3, -0.25) is 14.5 Å². The van der Waals surface area contributed by atoms with E-state index in [0.29, 0.717) is 17.0 Å². The molecule has 1 N–H and O–H groups in total. The number of pyridine rings is 1. The topological polar surface area (TPSA) is 90.0 Å². The van der Waals surface area contributed by atoms with Crippen molar-refractivity contribution in [1.82, 2.24) is 29.4 Å². The zero-order valence-electron chi connectivity index (χ0n) is 16.7. The van der Waals surface area contributed by atoms with Crippen LogP contribution in [0.4, 0.5) is 14.6 Å². The van der Waals surface area contributed by atoms with Gasteiger partial charge in [0.25, 0.3) is 5.91 Å². The highest BCUT2D eigenvalue weighted by molar-refractivity contribution is 6.03. The Labute approximate surface area is 180 Å². The number of carbonyl (C=O) groups excluding carboxylic acids is 1. The molecule has 5 rings (SSSR count). The number of amides is 1. The number of anilines is 1. The van der Waals surface area contributed by atoms with E-state index in [2.05, 4.69) is 25.5 Å². The Hall–Kier alpha value is -4.47. The molecule has 5 aromatic rings. The molecule has 0 aliphatic heterocycles. The first-order valence-electron chi connectivity index (χ1n) is 9.55. The molecule has 0 radical (unpaired) electrons. The third-order valence-electron chi connectivity index (χ3n) is 4.80. The zero-order valence-corrected chi connectivity index (χ0v) is 16.7. The molecule has 0 bridgehead atoms. The molecule has 158 valence electrons. The van der Waals surface area contributed by atoms with Crippen LogP contribution < -0.4 is 5.32 Å². The average Bonchev–Trinajstić information content (AvgIpc) is 3.36. The summed E-state index contributed by atoms with van der Waals surface area (Å²) >= 11 is 0. The number of nitrogens with zero attached hydrogens (tertiary/aromatic N) is 6. The molecule has 0 unspecified atom stereocenters. The van der Waals surface area contributed by atoms with Gasteiger partial charge in [0.2, 0.25) is 0 Å². The zero-order chi connectivity index (χ0) is 22.2. The molecule has 0 fully saturated rings. The van der Waals surface area contributed by atoms with Crippen molar-refractivity contribution >= 4 is 17.4 Å². The van der Waals surface area contributed by atoms with Crippen LogP contribution in [0, 0.1) is 11.6 Å². The quantitative estimate of drug-likeness (QED) is 0.468. The van der Waals surface area contributed by atoms with Crippen molar-refractivity contribution in [1.29, 1.82) is 0 Å². The van der Waals surface area contributed by atoms with Gasteiger partial charge in [-0.2, -0.15) is 10.2 Å². The fourth-order valence-electron chi connectivity index (χ4n) is 3.33. The molecule has 0 atom stereocenters. The van der Waals surface area contributed by atoms with E-state index < -0.39 is 11.7 Å². The van der Waals surface area contributed by atoms with Gasteiger partial charge in [-0.15, -0.1) is 0 Å². The van der Waals surface area contributed by atoms with Crippen LogP contribution in [0.1, 0.15) is 10.4 Å². The molecular weight excluding hydrogens is 416 g/mol. The smallest absolute Gasteiger partial charge is 0.259 e. The number of benzene rings is 1. The number of nitrogens with one attached hydrogen (secondary N) is 1. The molecule has 0 saturated carbocycles. The standard InChI is InChI=1S/C22H15F2N7O/c1-30-11-16(21(29-30)13-2-4-14(23)5-3-13)18-6-7-20-26-19(12-31(20)28-18)27-22(32)15-8-9-25-10-17(15)24/h2-12H,1H3,(H,27,32). The van der Waals surface area contributed by atoms with E-state index in [1.165, 1.54) is 35.1 Å². The van der Waals surface area contributed by atoms with Gasteiger partial charge in [-0.1, -0.05) is 0 Å². The van der Waals surface area contributed by atoms with E-state index >= 15 is 0 Å². The Morgan fingerprint density at radius 3 is 2.59 bits per heavy atom. The molecule has 0 aliphatic rings. The maximum atomic E-state index is 13.8. The number of aryl methyl sites for hydroxylation is 1. The predicted molar refractivity (Wildman–Crippen MR) is 113 cm³/mol. The van der Waals surface area contributed by atoms with Crippen molar-refractivity contribution in [3.05, 3.63) is 84.4 Å². The van der Waals surface area contributed by atoms with Crippen LogP contribution in [0.3, 0.4) is 0 Å². The second kappa shape index (κ2) is 7.65. The number of aromatic nitrogens is 6. The lowest BCUT2D eigenvalue weighted by atomic mass is 10.1. The number of carbonyl (C=O) groups is 1. The van der Waals surface area contributed by atoms with Gasteiger partial charge in [0.05, 0.1) is 23.7 Å². The number of rotatable bonds is 4. The first-order chi connectivity index (χ1) is 15.5. The Morgan fingerprint density at radius 1 is 1.00 bits per heavy atom. The molecule has 4 aromatic heterocycles. The van der Waals surface area contributed by atoms with Crippen molar-refractivity contribution in [3.8, 4) is 22.5 Å². The van der Waals surface area contributed by atoms with Crippen LogP contribution in [0.25, 0.3) is 28.2 Å². The monoisotopic (exact) mass is 431 g/mol. The summed E-state index contributed by atoms with van der Waals surface area (Å²) in [4.78, 5) is 20.3. The maximum Gasteiger partial charge on any atom is 0.259 e. The van der Waals surface area contributed by atoms with Crippen LogP contribution >= 0.6 is 0 Å². The maximum absolute atomic E-state index is 13.8. The fraction of sp³-hybridized carbons (Fsp3) is 0.0455. The number of halogens is 2.